The van der Waals surface area contributed by atoms with Crippen molar-refractivity contribution in [1.29, 1.82) is 0 Å². The van der Waals surface area contributed by atoms with Crippen molar-refractivity contribution in [1.82, 2.24) is 36.5 Å². The Morgan fingerprint density at radius 2 is 0.652 bits per heavy atom. The van der Waals surface area contributed by atoms with Crippen molar-refractivity contribution in [3.63, 3.8) is 0 Å². The molecule has 3 aliphatic rings. The summed E-state index contributed by atoms with van der Waals surface area (Å²) >= 11 is 16.9. The lowest BCUT2D eigenvalue weighted by atomic mass is 10.0. The summed E-state index contributed by atoms with van der Waals surface area (Å²) in [6, 6.07) is 0. The van der Waals surface area contributed by atoms with Gasteiger partial charge in [0.25, 0.3) is 35.4 Å². The van der Waals surface area contributed by atoms with Gasteiger partial charge in [-0.15, -0.1) is 15.2 Å². The molecule has 3 saturated heterocycles. The number of nitrogens with zero attached hydrogens (tertiary/aromatic N) is 3. The highest BCUT2D eigenvalue weighted by Gasteiger charge is 2.36. The van der Waals surface area contributed by atoms with Crippen molar-refractivity contribution >= 4 is 118 Å². The highest BCUT2D eigenvalue weighted by molar-refractivity contribution is 6.67. The summed E-state index contributed by atoms with van der Waals surface area (Å²) in [6.07, 6.45) is 14.5. The van der Waals surface area contributed by atoms with Crippen LogP contribution in [0.2, 0.25) is 0 Å². The summed E-state index contributed by atoms with van der Waals surface area (Å²) < 4.78 is 21.4. The van der Waals surface area contributed by atoms with E-state index in [1.165, 1.54) is 0 Å². The zero-order chi connectivity index (χ0) is 67.4. The Morgan fingerprint density at radius 3 is 1.01 bits per heavy atom. The molecule has 520 valence electrons. The molecule has 0 aliphatic carbocycles. The number of carbonyl (C=O) groups excluding carboxylic acids is 14. The zero-order valence-corrected chi connectivity index (χ0v) is 55.1. The van der Waals surface area contributed by atoms with Crippen molar-refractivity contribution in [3.8, 4) is 0 Å². The smallest absolute Gasteiger partial charge is 0.407 e. The fraction of sp³-hybridized carbons (Fsp3) is 0.770. The molecule has 28 nitrogen and oxygen atoms in total. The van der Waals surface area contributed by atoms with E-state index in [4.69, 9.17) is 68.3 Å². The molecule has 0 unspecified atom stereocenters. The Kier molecular flexibility index (Phi) is 40.9. The molecule has 3 aliphatic heterocycles. The predicted octanol–water partition coefficient (Wildman–Crippen LogP) is 6.92. The first kappa shape index (κ1) is 80.2. The number of amides is 10. The number of imide groups is 3. The van der Waals surface area contributed by atoms with Crippen LogP contribution in [0, 0.1) is 0 Å². The number of unbranched alkanes of at least 4 members (excludes halogenated alkanes) is 17. The Balaban J connectivity index is 1.51. The van der Waals surface area contributed by atoms with Crippen LogP contribution in [0.25, 0.3) is 0 Å². The molecule has 0 aromatic carbocycles. The average Bonchev–Trinajstić information content (AvgIpc) is 1.69. The van der Waals surface area contributed by atoms with Crippen LogP contribution in [0.3, 0.4) is 0 Å². The van der Waals surface area contributed by atoms with Gasteiger partial charge in [0, 0.05) is 110 Å². The number of ketones is 1. The Morgan fingerprint density at radius 1 is 0.348 bits per heavy atom. The summed E-state index contributed by atoms with van der Waals surface area (Å²) in [5.41, 5.74) is -1.33. The maximum Gasteiger partial charge on any atom is 0.407 e. The Labute approximate surface area is 552 Å². The van der Waals surface area contributed by atoms with E-state index in [9.17, 15) is 67.1 Å². The second-order valence-corrected chi connectivity index (χ2v) is 25.4. The molecule has 0 atom stereocenters. The molecular weight excluding hydrogens is 1270 g/mol. The number of alkyl halides is 3. The summed E-state index contributed by atoms with van der Waals surface area (Å²) in [6.45, 7) is 0.150. The van der Waals surface area contributed by atoms with Gasteiger partial charge < -0.3 is 54.7 Å². The molecule has 0 spiro atoms. The van der Waals surface area contributed by atoms with E-state index < -0.39 is 75.4 Å². The minimum absolute atomic E-state index is 0.0106. The fourth-order valence-electron chi connectivity index (χ4n) is 9.56. The van der Waals surface area contributed by atoms with E-state index in [2.05, 4.69) is 21.3 Å². The average molecular weight is 1370 g/mol. The van der Waals surface area contributed by atoms with Crippen LogP contribution in [-0.4, -0.2) is 173 Å². The second-order valence-electron chi connectivity index (χ2n) is 22.9. The summed E-state index contributed by atoms with van der Waals surface area (Å²) in [5, 5.41) is 13.0. The molecule has 0 aromatic heterocycles. The van der Waals surface area contributed by atoms with E-state index in [1.807, 2.05) is 0 Å². The molecule has 3 rings (SSSR count). The monoisotopic (exact) mass is 1370 g/mol. The number of hydrogen-bond acceptors (Lipinski definition) is 21. The number of alkyl carbamates (subject to hydrolysis) is 1. The number of halogens is 3. The first-order valence-corrected chi connectivity index (χ1v) is 33.5. The molecule has 0 bridgehead atoms. The molecular formula is C61H94Cl3N7O21. The number of ether oxygens (including phenoxy) is 4. The number of carbonyl (C=O) groups is 14. The first-order chi connectivity index (χ1) is 44.1. The zero-order valence-electron chi connectivity index (χ0n) is 52.9. The van der Waals surface area contributed by atoms with Crippen molar-refractivity contribution in [2.24, 2.45) is 0 Å². The molecule has 92 heavy (non-hydrogen) atoms. The van der Waals surface area contributed by atoms with Crippen LogP contribution in [0.4, 0.5) is 4.79 Å². The number of rotatable bonds is 53. The third kappa shape index (κ3) is 37.6. The molecule has 0 saturated carbocycles. The van der Waals surface area contributed by atoms with Crippen LogP contribution in [0.1, 0.15) is 225 Å². The molecule has 0 radical (unpaired) electrons. The second kappa shape index (κ2) is 46.9. The van der Waals surface area contributed by atoms with Gasteiger partial charge in [-0.2, -0.15) is 0 Å². The van der Waals surface area contributed by atoms with Gasteiger partial charge in [0.2, 0.25) is 21.5 Å². The fourth-order valence-corrected chi connectivity index (χ4v) is 9.72. The third-order valence-electron chi connectivity index (χ3n) is 14.7. The van der Waals surface area contributed by atoms with Crippen LogP contribution in [0.15, 0.2) is 0 Å². The van der Waals surface area contributed by atoms with Gasteiger partial charge in [-0.05, 0) is 51.4 Å². The SMILES string of the molecule is O=C(CCCCCCCCC(=O)ON1C(=O)CCC1=O)CCOCC(COCCC(=O)NCCCCCCCC(=O)ON1C(=O)CCC1=O)(COCCC(=O)NCCCCCCCC(=O)ON1C(=O)CCC1=O)NC(=O)CCCCCCCNC(=O)OCC(Cl)(Cl)Cl. The van der Waals surface area contributed by atoms with Gasteiger partial charge in [-0.25, -0.2) is 19.2 Å². The molecule has 4 N–H and O–H groups in total. The van der Waals surface area contributed by atoms with Gasteiger partial charge in [0.15, 0.2) is 0 Å². The normalized spacial score (nSPS) is 14.3. The quantitative estimate of drug-likeness (QED) is 0.0272. The first-order valence-electron chi connectivity index (χ1n) is 32.3. The largest absolute Gasteiger partial charge is 0.445 e. The Hall–Kier alpha value is -6.07. The molecule has 3 fully saturated rings. The highest BCUT2D eigenvalue weighted by Crippen LogP contribution is 2.26. The molecule has 31 heteroatoms. The van der Waals surface area contributed by atoms with Crippen molar-refractivity contribution in [3.05, 3.63) is 0 Å². The van der Waals surface area contributed by atoms with E-state index in [-0.39, 0.29) is 147 Å². The predicted molar refractivity (Wildman–Crippen MR) is 329 cm³/mol. The number of nitrogens with one attached hydrogen (secondary N) is 4. The van der Waals surface area contributed by atoms with Gasteiger partial charge in [0.1, 0.15) is 17.9 Å². The topological polar surface area (TPSA) is 361 Å². The highest BCUT2D eigenvalue weighted by atomic mass is 35.6. The van der Waals surface area contributed by atoms with Crippen molar-refractivity contribution in [2.75, 3.05) is 65.9 Å². The van der Waals surface area contributed by atoms with E-state index in [0.29, 0.717) is 112 Å². The molecule has 3 heterocycles. The van der Waals surface area contributed by atoms with Crippen molar-refractivity contribution < 1.29 is 101 Å². The standard InChI is InChI=1S/C61H94Cl3N7O21/c62-61(63,64)45-89-59(85)67-38-21-13-3-7-15-23-49(75)68-60(42-86-39-33-46(72)22-14-6-1-2-8-16-24-56(82)90-69-50(76)27-28-51(69)77,43-87-40-34-47(73)65-36-19-11-4-9-17-25-57(83)91-70-52(78)29-30-53(70)79)44-88-41-35-48(74)66-37-20-12-5-10-18-26-58(84)92-71-54(80)31-32-55(71)81/h1-45H2,(H,65,73)(H,66,74)(H,67,85)(H,68,75). The van der Waals surface area contributed by atoms with E-state index >= 15 is 0 Å². The number of Topliss-reactive ketones (excluding diaryl/α,β-unsaturated/α-hetero) is 1. The van der Waals surface area contributed by atoms with Crippen LogP contribution in [0.5, 0.6) is 0 Å². The summed E-state index contributed by atoms with van der Waals surface area (Å²) in [5.74, 6) is -6.06. The van der Waals surface area contributed by atoms with E-state index in [1.54, 1.807) is 0 Å². The minimum atomic E-state index is -1.73. The summed E-state index contributed by atoms with van der Waals surface area (Å²) in [4.78, 5) is 186. The van der Waals surface area contributed by atoms with Gasteiger partial charge >= 0.3 is 24.0 Å². The van der Waals surface area contributed by atoms with Crippen LogP contribution >= 0.6 is 34.8 Å². The third-order valence-corrected chi connectivity index (χ3v) is 15.0. The van der Waals surface area contributed by atoms with Crippen LogP contribution < -0.4 is 21.3 Å². The minimum Gasteiger partial charge on any atom is -0.445 e. The maximum absolute atomic E-state index is 13.8. The lowest BCUT2D eigenvalue weighted by Crippen LogP contribution is -2.58. The lowest BCUT2D eigenvalue weighted by molar-refractivity contribution is -0.197. The van der Waals surface area contributed by atoms with Gasteiger partial charge in [-0.3, -0.25) is 47.9 Å². The lowest BCUT2D eigenvalue weighted by Gasteiger charge is -2.34. The van der Waals surface area contributed by atoms with E-state index in [0.717, 1.165) is 64.2 Å². The van der Waals surface area contributed by atoms with Crippen molar-refractivity contribution in [2.45, 2.75) is 234 Å². The van der Waals surface area contributed by atoms with Crippen LogP contribution in [-0.2, 0) is 95.8 Å². The maximum atomic E-state index is 13.8. The van der Waals surface area contributed by atoms with Gasteiger partial charge in [0.05, 0.1) is 39.6 Å². The molecule has 0 aromatic rings. The number of hydrogen-bond donors (Lipinski definition) is 4. The van der Waals surface area contributed by atoms with Gasteiger partial charge in [-0.1, -0.05) is 118 Å². The summed E-state index contributed by atoms with van der Waals surface area (Å²) in [7, 11) is 0. The number of hydroxylamine groups is 6. The Bertz CT molecular complexity index is 2160. The molecule has 10 amide bonds.